The van der Waals surface area contributed by atoms with E-state index in [1.807, 2.05) is 12.1 Å². The topological polar surface area (TPSA) is 63.3 Å². The van der Waals surface area contributed by atoms with E-state index in [9.17, 15) is 4.79 Å². The van der Waals surface area contributed by atoms with E-state index in [2.05, 4.69) is 22.9 Å². The van der Waals surface area contributed by atoms with E-state index >= 15 is 0 Å². The molecule has 1 saturated heterocycles. The molecule has 0 aromatic carbocycles. The fourth-order valence-corrected chi connectivity index (χ4v) is 4.25. The van der Waals surface area contributed by atoms with Gasteiger partial charge in [-0.2, -0.15) is 11.3 Å². The van der Waals surface area contributed by atoms with Crippen LogP contribution in [0.5, 0.6) is 0 Å². The summed E-state index contributed by atoms with van der Waals surface area (Å²) >= 11 is 1.64. The van der Waals surface area contributed by atoms with Gasteiger partial charge in [0.05, 0.1) is 11.4 Å². The van der Waals surface area contributed by atoms with Gasteiger partial charge < -0.3 is 20.5 Å². The van der Waals surface area contributed by atoms with Gasteiger partial charge in [-0.15, -0.1) is 0 Å². The number of nitrogens with two attached hydrogens (primary N) is 1. The van der Waals surface area contributed by atoms with Crippen molar-refractivity contribution in [3.8, 4) is 0 Å². The van der Waals surface area contributed by atoms with Crippen molar-refractivity contribution < 1.29 is 0 Å². The molecule has 0 amide bonds. The molecule has 28 heavy (non-hydrogen) atoms. The minimum Gasteiger partial charge on any atom is -0.397 e. The quantitative estimate of drug-likeness (QED) is 0.529. The van der Waals surface area contributed by atoms with Crippen molar-refractivity contribution >= 4 is 35.7 Å². The SMILES string of the molecule is [B]c1ccc(CNC2CCN(CCn3c(/C=C\C=C)c(N)ccc3=O)CC2)s1. The lowest BCUT2D eigenvalue weighted by Crippen LogP contribution is -2.43. The molecule has 1 fully saturated rings. The van der Waals surface area contributed by atoms with Crippen LogP contribution in [0, 0.1) is 0 Å². The Morgan fingerprint density at radius 2 is 2.04 bits per heavy atom. The molecule has 2 radical (unpaired) electrons. The molecule has 0 aliphatic carbocycles. The van der Waals surface area contributed by atoms with E-state index < -0.39 is 0 Å². The Labute approximate surface area is 172 Å². The van der Waals surface area contributed by atoms with Gasteiger partial charge >= 0.3 is 0 Å². The summed E-state index contributed by atoms with van der Waals surface area (Å²) in [6.45, 7) is 8.09. The molecule has 7 heteroatoms. The molecule has 0 atom stereocenters. The summed E-state index contributed by atoms with van der Waals surface area (Å²) in [6, 6.07) is 7.78. The van der Waals surface area contributed by atoms with E-state index in [1.165, 1.54) is 10.9 Å². The fraction of sp³-hybridized carbons (Fsp3) is 0.381. The van der Waals surface area contributed by atoms with Gasteiger partial charge in [-0.1, -0.05) is 24.8 Å². The number of anilines is 1. The van der Waals surface area contributed by atoms with Crippen molar-refractivity contribution in [2.75, 3.05) is 25.4 Å². The van der Waals surface area contributed by atoms with E-state index in [0.29, 0.717) is 18.3 Å². The largest absolute Gasteiger partial charge is 0.397 e. The summed E-state index contributed by atoms with van der Waals surface area (Å²) in [6.07, 6.45) is 7.55. The van der Waals surface area contributed by atoms with Gasteiger partial charge in [0.2, 0.25) is 0 Å². The lowest BCUT2D eigenvalue weighted by molar-refractivity contribution is 0.190. The number of piperidine rings is 1. The van der Waals surface area contributed by atoms with Gasteiger partial charge in [0.15, 0.2) is 0 Å². The molecule has 0 bridgehead atoms. The third kappa shape index (κ3) is 5.47. The summed E-state index contributed by atoms with van der Waals surface area (Å²) in [5, 5.41) is 3.63. The minimum absolute atomic E-state index is 0.0234. The number of aromatic nitrogens is 1. The molecule has 1 aliphatic rings. The maximum atomic E-state index is 12.3. The van der Waals surface area contributed by atoms with Crippen LogP contribution in [0.4, 0.5) is 5.69 Å². The average molecular weight is 394 g/mol. The Morgan fingerprint density at radius 3 is 2.71 bits per heavy atom. The Kier molecular flexibility index (Phi) is 7.31. The van der Waals surface area contributed by atoms with Gasteiger partial charge in [0, 0.05) is 36.6 Å². The summed E-state index contributed by atoms with van der Waals surface area (Å²) < 4.78 is 2.62. The first kappa shape index (κ1) is 20.6. The summed E-state index contributed by atoms with van der Waals surface area (Å²) in [5.74, 6) is 0. The average Bonchev–Trinajstić information content (AvgIpc) is 3.12. The van der Waals surface area contributed by atoms with E-state index in [4.69, 9.17) is 13.6 Å². The van der Waals surface area contributed by atoms with Gasteiger partial charge in [0.25, 0.3) is 5.56 Å². The van der Waals surface area contributed by atoms with Crippen LogP contribution in [0.2, 0.25) is 0 Å². The molecular weight excluding hydrogens is 367 g/mol. The minimum atomic E-state index is -0.0234. The molecule has 146 valence electrons. The number of nitrogens with zero attached hydrogens (tertiary/aromatic N) is 2. The number of likely N-dealkylation sites (tertiary alicyclic amines) is 1. The van der Waals surface area contributed by atoms with Gasteiger partial charge in [-0.3, -0.25) is 4.79 Å². The van der Waals surface area contributed by atoms with Crippen LogP contribution in [-0.4, -0.2) is 43.0 Å². The summed E-state index contributed by atoms with van der Waals surface area (Å²) in [5.41, 5.74) is 7.40. The highest BCUT2D eigenvalue weighted by atomic mass is 32.1. The third-order valence-electron chi connectivity index (χ3n) is 5.12. The fourth-order valence-electron chi connectivity index (χ4n) is 3.52. The molecule has 0 spiro atoms. The zero-order chi connectivity index (χ0) is 19.9. The summed E-state index contributed by atoms with van der Waals surface area (Å²) in [7, 11) is 5.79. The number of nitrogens with one attached hydrogen (secondary N) is 1. The second kappa shape index (κ2) is 9.91. The number of nitrogen functional groups attached to an aromatic ring is 1. The van der Waals surface area contributed by atoms with Crippen LogP contribution in [0.3, 0.4) is 0 Å². The maximum Gasteiger partial charge on any atom is 0.251 e. The van der Waals surface area contributed by atoms with Gasteiger partial charge in [-0.25, -0.2) is 0 Å². The Hall–Kier alpha value is -2.09. The third-order valence-corrected chi connectivity index (χ3v) is 6.04. The first-order valence-corrected chi connectivity index (χ1v) is 10.5. The van der Waals surface area contributed by atoms with E-state index in [0.717, 1.165) is 49.5 Å². The number of thiophene rings is 1. The second-order valence-corrected chi connectivity index (χ2v) is 8.26. The van der Waals surface area contributed by atoms with Gasteiger partial charge in [0.1, 0.15) is 7.85 Å². The first-order valence-electron chi connectivity index (χ1n) is 9.65. The summed E-state index contributed by atoms with van der Waals surface area (Å²) in [4.78, 5) is 16.0. The predicted octanol–water partition coefficient (Wildman–Crippen LogP) is 1.74. The van der Waals surface area contributed by atoms with Crippen LogP contribution in [0.1, 0.15) is 23.4 Å². The first-order chi connectivity index (χ1) is 13.6. The Morgan fingerprint density at radius 1 is 1.25 bits per heavy atom. The predicted molar refractivity (Wildman–Crippen MR) is 120 cm³/mol. The second-order valence-electron chi connectivity index (χ2n) is 7.06. The highest BCUT2D eigenvalue weighted by molar-refractivity contribution is 7.20. The number of pyridine rings is 1. The lowest BCUT2D eigenvalue weighted by atomic mass is 10.0. The Balaban J connectivity index is 1.50. The molecule has 3 N–H and O–H groups in total. The van der Waals surface area contributed by atoms with E-state index in [1.54, 1.807) is 34.1 Å². The number of hydrogen-bond donors (Lipinski definition) is 2. The zero-order valence-electron chi connectivity index (χ0n) is 16.1. The van der Waals surface area contributed by atoms with Crippen molar-refractivity contribution in [2.24, 2.45) is 0 Å². The maximum absolute atomic E-state index is 12.3. The molecular formula is C21H27BN4OS. The van der Waals surface area contributed by atoms with Crippen LogP contribution in [-0.2, 0) is 13.1 Å². The highest BCUT2D eigenvalue weighted by Crippen LogP contribution is 2.14. The van der Waals surface area contributed by atoms with Crippen molar-refractivity contribution in [3.63, 3.8) is 0 Å². The van der Waals surface area contributed by atoms with Crippen molar-refractivity contribution in [3.05, 3.63) is 63.9 Å². The number of allylic oxidation sites excluding steroid dienone is 2. The molecule has 0 saturated carbocycles. The molecule has 0 unspecified atom stereocenters. The molecule has 3 heterocycles. The zero-order valence-corrected chi connectivity index (χ0v) is 17.0. The molecule has 5 nitrogen and oxygen atoms in total. The van der Waals surface area contributed by atoms with Crippen molar-refractivity contribution in [1.29, 1.82) is 0 Å². The van der Waals surface area contributed by atoms with Crippen LogP contribution >= 0.6 is 11.3 Å². The van der Waals surface area contributed by atoms with Crippen LogP contribution in [0.15, 0.2) is 47.8 Å². The van der Waals surface area contributed by atoms with Gasteiger partial charge in [-0.05, 0) is 48.9 Å². The molecule has 1 aliphatic heterocycles. The van der Waals surface area contributed by atoms with E-state index in [-0.39, 0.29) is 5.56 Å². The normalized spacial score (nSPS) is 16.0. The van der Waals surface area contributed by atoms with Crippen LogP contribution < -0.4 is 21.4 Å². The smallest absolute Gasteiger partial charge is 0.251 e. The highest BCUT2D eigenvalue weighted by Gasteiger charge is 2.19. The lowest BCUT2D eigenvalue weighted by Gasteiger charge is -2.32. The van der Waals surface area contributed by atoms with Crippen LogP contribution in [0.25, 0.3) is 6.08 Å². The Bertz CT molecular complexity index is 881. The molecule has 3 rings (SSSR count). The molecule has 2 aromatic heterocycles. The monoisotopic (exact) mass is 394 g/mol. The molecule has 2 aromatic rings. The van der Waals surface area contributed by atoms with Crippen molar-refractivity contribution in [2.45, 2.75) is 32.0 Å². The number of hydrogen-bond acceptors (Lipinski definition) is 5. The number of rotatable bonds is 8. The standard InChI is InChI=1S/C21H27BN4OS/c1-2-3-4-19-18(23)6-8-21(27)26(19)14-13-25-11-9-16(10-12-25)24-15-17-5-7-20(22)28-17/h2-8,16,24H,1,9-15,23H2/b4-3-. The van der Waals surface area contributed by atoms with Crippen molar-refractivity contribution in [1.82, 2.24) is 14.8 Å².